The van der Waals surface area contributed by atoms with Crippen LogP contribution in [0, 0.1) is 0 Å². The highest BCUT2D eigenvalue weighted by atomic mass is 79.9. The second kappa shape index (κ2) is 7.40. The lowest BCUT2D eigenvalue weighted by Crippen LogP contribution is -2.07. The molecule has 0 bridgehead atoms. The minimum Gasteiger partial charge on any atom is -0.293 e. The van der Waals surface area contributed by atoms with Crippen LogP contribution in [0.25, 0.3) is 11.1 Å². The molecule has 2 aliphatic carbocycles. The Morgan fingerprint density at radius 1 is 0.654 bits per heavy atom. The third-order valence-corrected chi connectivity index (χ3v) is 6.72. The SMILES string of the molecule is O=C(CBr)c1ccc(-c2ccc(C(=O)CBr)c3c2CCC3)c2c1CCC2. The minimum atomic E-state index is 0.165. The smallest absolute Gasteiger partial charge is 0.173 e. The first-order valence-electron chi connectivity index (χ1n) is 9.14. The first-order valence-corrected chi connectivity index (χ1v) is 11.4. The van der Waals surface area contributed by atoms with Crippen molar-refractivity contribution in [2.45, 2.75) is 38.5 Å². The van der Waals surface area contributed by atoms with Crippen molar-refractivity contribution in [2.75, 3.05) is 10.7 Å². The predicted octanol–water partition coefficient (Wildman–Crippen LogP) is 5.49. The second-order valence-corrected chi connectivity index (χ2v) is 8.18. The number of carbonyl (C=O) groups is 2. The van der Waals surface area contributed by atoms with Gasteiger partial charge in [0.05, 0.1) is 10.7 Å². The van der Waals surface area contributed by atoms with Crippen LogP contribution in [0.1, 0.15) is 55.8 Å². The van der Waals surface area contributed by atoms with Crippen LogP contribution in [0.4, 0.5) is 0 Å². The van der Waals surface area contributed by atoms with E-state index in [0.717, 1.165) is 49.7 Å². The Morgan fingerprint density at radius 3 is 1.42 bits per heavy atom. The summed E-state index contributed by atoms with van der Waals surface area (Å²) in [6.07, 6.45) is 6.25. The number of fused-ring (bicyclic) bond motifs is 2. The van der Waals surface area contributed by atoms with E-state index >= 15 is 0 Å². The summed E-state index contributed by atoms with van der Waals surface area (Å²) >= 11 is 6.61. The summed E-state index contributed by atoms with van der Waals surface area (Å²) in [7, 11) is 0. The Hall–Kier alpha value is -1.26. The fraction of sp³-hybridized carbons (Fsp3) is 0.364. The quantitative estimate of drug-likeness (QED) is 0.423. The van der Waals surface area contributed by atoms with Gasteiger partial charge in [0.2, 0.25) is 0 Å². The number of carbonyl (C=O) groups excluding carboxylic acids is 2. The summed E-state index contributed by atoms with van der Waals surface area (Å²) in [5.41, 5.74) is 9.43. The molecule has 0 aromatic heterocycles. The third kappa shape index (κ3) is 2.91. The van der Waals surface area contributed by atoms with Gasteiger partial charge in [0.25, 0.3) is 0 Å². The zero-order chi connectivity index (χ0) is 18.3. The first-order chi connectivity index (χ1) is 12.7. The minimum absolute atomic E-state index is 0.165. The maximum Gasteiger partial charge on any atom is 0.173 e. The zero-order valence-electron chi connectivity index (χ0n) is 14.5. The van der Waals surface area contributed by atoms with E-state index < -0.39 is 0 Å². The average molecular weight is 476 g/mol. The lowest BCUT2D eigenvalue weighted by molar-refractivity contribution is 0.101. The number of hydrogen-bond acceptors (Lipinski definition) is 2. The highest BCUT2D eigenvalue weighted by Gasteiger charge is 2.26. The Bertz CT molecular complexity index is 839. The molecule has 0 unspecified atom stereocenters. The molecule has 4 heteroatoms. The van der Waals surface area contributed by atoms with Gasteiger partial charge in [-0.05, 0) is 71.9 Å². The molecule has 2 aliphatic rings. The van der Waals surface area contributed by atoms with Crippen LogP contribution in [0.5, 0.6) is 0 Å². The lowest BCUT2D eigenvalue weighted by atomic mass is 9.87. The molecule has 4 rings (SSSR count). The summed E-state index contributed by atoms with van der Waals surface area (Å²) in [5.74, 6) is 0.330. The van der Waals surface area contributed by atoms with E-state index in [1.54, 1.807) is 0 Å². The van der Waals surface area contributed by atoms with Crippen molar-refractivity contribution in [3.05, 3.63) is 57.6 Å². The van der Waals surface area contributed by atoms with Gasteiger partial charge in [-0.2, -0.15) is 0 Å². The van der Waals surface area contributed by atoms with Gasteiger partial charge < -0.3 is 0 Å². The van der Waals surface area contributed by atoms with Crippen molar-refractivity contribution >= 4 is 43.4 Å². The van der Waals surface area contributed by atoms with E-state index in [2.05, 4.69) is 44.0 Å². The van der Waals surface area contributed by atoms with Crippen LogP contribution < -0.4 is 0 Å². The fourth-order valence-electron chi connectivity index (χ4n) is 4.58. The standard InChI is InChI=1S/C22H20Br2O2/c23-11-21(25)19-9-7-17(13-3-1-5-15(13)19)18-8-10-20(22(26)12-24)16-6-2-4-14(16)18/h7-10H,1-6,11-12H2. The Kier molecular flexibility index (Phi) is 5.15. The van der Waals surface area contributed by atoms with E-state index in [1.165, 1.54) is 33.4 Å². The van der Waals surface area contributed by atoms with Gasteiger partial charge in [-0.3, -0.25) is 9.59 Å². The zero-order valence-corrected chi connectivity index (χ0v) is 17.7. The van der Waals surface area contributed by atoms with Gasteiger partial charge in [-0.15, -0.1) is 0 Å². The van der Waals surface area contributed by atoms with Crippen LogP contribution >= 0.6 is 31.9 Å². The van der Waals surface area contributed by atoms with E-state index in [9.17, 15) is 9.59 Å². The molecule has 0 N–H and O–H groups in total. The maximum absolute atomic E-state index is 12.3. The summed E-state index contributed by atoms with van der Waals surface area (Å²) < 4.78 is 0. The average Bonchev–Trinajstić information content (AvgIpc) is 3.34. The van der Waals surface area contributed by atoms with E-state index in [1.807, 2.05) is 12.1 Å². The van der Waals surface area contributed by atoms with Gasteiger partial charge >= 0.3 is 0 Å². The molecule has 0 heterocycles. The molecule has 2 aromatic rings. The molecular formula is C22H20Br2O2. The Morgan fingerprint density at radius 2 is 1.04 bits per heavy atom. The van der Waals surface area contributed by atoms with Crippen LogP contribution in [-0.4, -0.2) is 22.2 Å². The van der Waals surface area contributed by atoms with Gasteiger partial charge in [0.15, 0.2) is 11.6 Å². The van der Waals surface area contributed by atoms with E-state index in [-0.39, 0.29) is 11.6 Å². The number of alkyl halides is 2. The normalized spacial score (nSPS) is 15.0. The molecule has 0 aliphatic heterocycles. The van der Waals surface area contributed by atoms with E-state index in [0.29, 0.717) is 10.7 Å². The molecular weight excluding hydrogens is 456 g/mol. The highest BCUT2D eigenvalue weighted by Crippen LogP contribution is 2.40. The van der Waals surface area contributed by atoms with Crippen molar-refractivity contribution in [3.8, 4) is 11.1 Å². The predicted molar refractivity (Wildman–Crippen MR) is 112 cm³/mol. The van der Waals surface area contributed by atoms with Gasteiger partial charge in [-0.1, -0.05) is 56.1 Å². The van der Waals surface area contributed by atoms with Crippen LogP contribution in [-0.2, 0) is 25.7 Å². The Balaban J connectivity index is 1.88. The number of Topliss-reactive ketones (excluding diaryl/α,β-unsaturated/α-hetero) is 2. The number of rotatable bonds is 5. The molecule has 2 nitrogen and oxygen atoms in total. The second-order valence-electron chi connectivity index (χ2n) is 7.06. The largest absolute Gasteiger partial charge is 0.293 e. The topological polar surface area (TPSA) is 34.1 Å². The Labute approximate surface area is 170 Å². The van der Waals surface area contributed by atoms with Crippen molar-refractivity contribution < 1.29 is 9.59 Å². The summed E-state index contributed by atoms with van der Waals surface area (Å²) in [6, 6.07) is 8.25. The van der Waals surface area contributed by atoms with Crippen molar-refractivity contribution in [1.29, 1.82) is 0 Å². The van der Waals surface area contributed by atoms with Gasteiger partial charge in [0, 0.05) is 11.1 Å². The highest BCUT2D eigenvalue weighted by molar-refractivity contribution is 9.09. The van der Waals surface area contributed by atoms with Crippen LogP contribution in [0.15, 0.2) is 24.3 Å². The van der Waals surface area contributed by atoms with Gasteiger partial charge in [-0.25, -0.2) is 0 Å². The fourth-order valence-corrected chi connectivity index (χ4v) is 5.19. The van der Waals surface area contributed by atoms with Crippen molar-refractivity contribution in [2.24, 2.45) is 0 Å². The number of halogens is 2. The summed E-state index contributed by atoms with van der Waals surface area (Å²) in [4.78, 5) is 24.5. The summed E-state index contributed by atoms with van der Waals surface area (Å²) in [6.45, 7) is 0. The number of ketones is 2. The number of hydrogen-bond donors (Lipinski definition) is 0. The molecule has 0 amide bonds. The molecule has 26 heavy (non-hydrogen) atoms. The van der Waals surface area contributed by atoms with Crippen molar-refractivity contribution in [3.63, 3.8) is 0 Å². The first kappa shape index (κ1) is 18.1. The van der Waals surface area contributed by atoms with Crippen LogP contribution in [0.3, 0.4) is 0 Å². The third-order valence-electron chi connectivity index (χ3n) is 5.70. The van der Waals surface area contributed by atoms with Crippen LogP contribution in [0.2, 0.25) is 0 Å². The molecule has 0 radical (unpaired) electrons. The maximum atomic E-state index is 12.3. The molecule has 0 saturated carbocycles. The molecule has 2 aromatic carbocycles. The molecule has 0 atom stereocenters. The number of benzene rings is 2. The molecule has 0 spiro atoms. The summed E-state index contributed by atoms with van der Waals surface area (Å²) in [5, 5.41) is 0.745. The van der Waals surface area contributed by atoms with E-state index in [4.69, 9.17) is 0 Å². The monoisotopic (exact) mass is 474 g/mol. The van der Waals surface area contributed by atoms with Crippen molar-refractivity contribution in [1.82, 2.24) is 0 Å². The molecule has 0 saturated heterocycles. The molecule has 134 valence electrons. The molecule has 0 fully saturated rings. The van der Waals surface area contributed by atoms with Gasteiger partial charge in [0.1, 0.15) is 0 Å². The lowest BCUT2D eigenvalue weighted by Gasteiger charge is -2.17.